The molecular weight excluding hydrogens is 252 g/mol. The molecule has 4 nitrogen and oxygen atoms in total. The molecule has 2 atom stereocenters. The minimum atomic E-state index is 0.140. The third-order valence-corrected chi connectivity index (χ3v) is 4.29. The fourth-order valence-corrected chi connectivity index (χ4v) is 2.95. The minimum absolute atomic E-state index is 0.140. The molecule has 0 saturated carbocycles. The number of aromatic hydroxyl groups is 1. The Morgan fingerprint density at radius 3 is 2.70 bits per heavy atom. The van der Waals surface area contributed by atoms with Crippen LogP contribution in [0.15, 0.2) is 24.3 Å². The van der Waals surface area contributed by atoms with Crippen molar-refractivity contribution in [2.24, 2.45) is 11.7 Å². The molecule has 1 saturated heterocycles. The lowest BCUT2D eigenvalue weighted by Crippen LogP contribution is -2.50. The second-order valence-corrected chi connectivity index (χ2v) is 5.62. The van der Waals surface area contributed by atoms with E-state index in [0.717, 1.165) is 31.4 Å². The number of carbonyl (C=O) groups excluding carboxylic acids is 1. The molecule has 2 unspecified atom stereocenters. The van der Waals surface area contributed by atoms with Gasteiger partial charge in [0.15, 0.2) is 0 Å². The number of hydrogen-bond acceptors (Lipinski definition) is 3. The molecule has 1 heterocycles. The second kappa shape index (κ2) is 6.75. The normalized spacial score (nSPS) is 22.8. The fourth-order valence-electron chi connectivity index (χ4n) is 2.95. The standard InChI is InChI=1S/C16H24N2O2/c1-2-12-7-8-18(14(9-12)11-17)16(20)10-13-3-5-15(19)6-4-13/h3-6,12,14,19H,2,7-11,17H2,1H3. The summed E-state index contributed by atoms with van der Waals surface area (Å²) in [5.74, 6) is 1.06. The lowest BCUT2D eigenvalue weighted by atomic mass is 9.88. The quantitative estimate of drug-likeness (QED) is 0.883. The highest BCUT2D eigenvalue weighted by Crippen LogP contribution is 2.25. The Bertz CT molecular complexity index is 444. The van der Waals surface area contributed by atoms with E-state index in [-0.39, 0.29) is 17.7 Å². The molecule has 110 valence electrons. The van der Waals surface area contributed by atoms with Gasteiger partial charge in [-0.15, -0.1) is 0 Å². The summed E-state index contributed by atoms with van der Waals surface area (Å²) in [6.07, 6.45) is 3.65. The lowest BCUT2D eigenvalue weighted by Gasteiger charge is -2.39. The summed E-state index contributed by atoms with van der Waals surface area (Å²) in [4.78, 5) is 14.4. The van der Waals surface area contributed by atoms with Crippen molar-refractivity contribution in [2.45, 2.75) is 38.6 Å². The molecule has 4 heteroatoms. The van der Waals surface area contributed by atoms with E-state index in [0.29, 0.717) is 18.9 Å². The number of phenols is 1. The van der Waals surface area contributed by atoms with E-state index in [1.54, 1.807) is 24.3 Å². The van der Waals surface area contributed by atoms with Crippen LogP contribution in [0.5, 0.6) is 5.75 Å². The summed E-state index contributed by atoms with van der Waals surface area (Å²) in [5.41, 5.74) is 6.77. The van der Waals surface area contributed by atoms with Gasteiger partial charge in [0, 0.05) is 19.1 Å². The number of carbonyl (C=O) groups is 1. The minimum Gasteiger partial charge on any atom is -0.508 e. The van der Waals surface area contributed by atoms with Gasteiger partial charge in [0.25, 0.3) is 0 Å². The number of rotatable bonds is 4. The summed E-state index contributed by atoms with van der Waals surface area (Å²) < 4.78 is 0. The number of phenolic OH excluding ortho intramolecular Hbond substituents is 1. The third kappa shape index (κ3) is 3.51. The van der Waals surface area contributed by atoms with Crippen LogP contribution in [-0.2, 0) is 11.2 Å². The number of hydrogen-bond donors (Lipinski definition) is 2. The van der Waals surface area contributed by atoms with E-state index >= 15 is 0 Å². The van der Waals surface area contributed by atoms with E-state index in [2.05, 4.69) is 6.92 Å². The Labute approximate surface area is 120 Å². The number of nitrogens with two attached hydrogens (primary N) is 1. The van der Waals surface area contributed by atoms with Crippen LogP contribution < -0.4 is 5.73 Å². The van der Waals surface area contributed by atoms with Crippen molar-refractivity contribution in [3.05, 3.63) is 29.8 Å². The van der Waals surface area contributed by atoms with Gasteiger partial charge in [-0.3, -0.25) is 4.79 Å². The topological polar surface area (TPSA) is 66.6 Å². The molecule has 2 rings (SSSR count). The van der Waals surface area contributed by atoms with E-state index in [1.807, 2.05) is 4.90 Å². The van der Waals surface area contributed by atoms with Crippen molar-refractivity contribution in [1.29, 1.82) is 0 Å². The van der Waals surface area contributed by atoms with Crippen molar-refractivity contribution < 1.29 is 9.90 Å². The van der Waals surface area contributed by atoms with Gasteiger partial charge in [-0.25, -0.2) is 0 Å². The van der Waals surface area contributed by atoms with Crippen LogP contribution in [0.25, 0.3) is 0 Å². The second-order valence-electron chi connectivity index (χ2n) is 5.62. The summed E-state index contributed by atoms with van der Waals surface area (Å²) in [7, 11) is 0. The molecule has 1 fully saturated rings. The Morgan fingerprint density at radius 1 is 1.40 bits per heavy atom. The molecule has 0 radical (unpaired) electrons. The number of amides is 1. The van der Waals surface area contributed by atoms with Crippen molar-refractivity contribution >= 4 is 5.91 Å². The SMILES string of the molecule is CCC1CCN(C(=O)Cc2ccc(O)cc2)C(CN)C1. The molecule has 0 spiro atoms. The number of piperidine rings is 1. The van der Waals surface area contributed by atoms with Crippen molar-refractivity contribution in [1.82, 2.24) is 4.90 Å². The fraction of sp³-hybridized carbons (Fsp3) is 0.562. The first-order valence-corrected chi connectivity index (χ1v) is 7.41. The highest BCUT2D eigenvalue weighted by molar-refractivity contribution is 5.79. The first-order valence-electron chi connectivity index (χ1n) is 7.41. The van der Waals surface area contributed by atoms with Gasteiger partial charge >= 0.3 is 0 Å². The highest BCUT2D eigenvalue weighted by atomic mass is 16.3. The molecule has 20 heavy (non-hydrogen) atoms. The Morgan fingerprint density at radius 2 is 2.10 bits per heavy atom. The molecule has 1 amide bonds. The highest BCUT2D eigenvalue weighted by Gasteiger charge is 2.29. The Kier molecular flexibility index (Phi) is 5.01. The maximum Gasteiger partial charge on any atom is 0.227 e. The first kappa shape index (κ1) is 14.9. The zero-order valence-corrected chi connectivity index (χ0v) is 12.1. The van der Waals surface area contributed by atoms with Crippen molar-refractivity contribution in [3.8, 4) is 5.75 Å². The summed E-state index contributed by atoms with van der Waals surface area (Å²) >= 11 is 0. The van der Waals surface area contributed by atoms with Gasteiger partial charge in [0.05, 0.1) is 6.42 Å². The largest absolute Gasteiger partial charge is 0.508 e. The van der Waals surface area contributed by atoms with Crippen LogP contribution in [0, 0.1) is 5.92 Å². The van der Waals surface area contributed by atoms with Crippen LogP contribution in [-0.4, -0.2) is 35.0 Å². The monoisotopic (exact) mass is 276 g/mol. The predicted molar refractivity (Wildman–Crippen MR) is 79.4 cm³/mol. The average molecular weight is 276 g/mol. The number of benzene rings is 1. The molecule has 0 aliphatic carbocycles. The van der Waals surface area contributed by atoms with E-state index in [9.17, 15) is 9.90 Å². The van der Waals surface area contributed by atoms with Crippen LogP contribution in [0.2, 0.25) is 0 Å². The van der Waals surface area contributed by atoms with Gasteiger partial charge in [-0.1, -0.05) is 25.5 Å². The van der Waals surface area contributed by atoms with E-state index < -0.39 is 0 Å². The third-order valence-electron chi connectivity index (χ3n) is 4.29. The van der Waals surface area contributed by atoms with Crippen molar-refractivity contribution in [3.63, 3.8) is 0 Å². The molecule has 1 aliphatic rings. The van der Waals surface area contributed by atoms with Crippen LogP contribution >= 0.6 is 0 Å². The van der Waals surface area contributed by atoms with Gasteiger partial charge in [0.2, 0.25) is 5.91 Å². The van der Waals surface area contributed by atoms with Gasteiger partial charge in [-0.2, -0.15) is 0 Å². The van der Waals surface area contributed by atoms with Gasteiger partial charge in [0.1, 0.15) is 5.75 Å². The van der Waals surface area contributed by atoms with Crippen LogP contribution in [0.1, 0.15) is 31.7 Å². The summed E-state index contributed by atoms with van der Waals surface area (Å²) in [6.45, 7) is 3.56. The maximum absolute atomic E-state index is 12.4. The summed E-state index contributed by atoms with van der Waals surface area (Å²) in [6, 6.07) is 7.00. The average Bonchev–Trinajstić information content (AvgIpc) is 2.48. The molecule has 0 aromatic heterocycles. The first-order chi connectivity index (χ1) is 9.63. The molecule has 0 bridgehead atoms. The van der Waals surface area contributed by atoms with Crippen LogP contribution in [0.4, 0.5) is 0 Å². The van der Waals surface area contributed by atoms with E-state index in [4.69, 9.17) is 5.73 Å². The molecule has 1 aromatic rings. The van der Waals surface area contributed by atoms with Crippen molar-refractivity contribution in [2.75, 3.05) is 13.1 Å². The molecule has 3 N–H and O–H groups in total. The van der Waals surface area contributed by atoms with Crippen LogP contribution in [0.3, 0.4) is 0 Å². The molecular formula is C16H24N2O2. The van der Waals surface area contributed by atoms with E-state index in [1.165, 1.54) is 0 Å². The lowest BCUT2D eigenvalue weighted by molar-refractivity contribution is -0.134. The van der Waals surface area contributed by atoms with Gasteiger partial charge < -0.3 is 15.7 Å². The smallest absolute Gasteiger partial charge is 0.227 e. The predicted octanol–water partition coefficient (Wildman–Crippen LogP) is 1.91. The summed E-state index contributed by atoms with van der Waals surface area (Å²) in [5, 5.41) is 9.26. The Balaban J connectivity index is 1.99. The zero-order valence-electron chi connectivity index (χ0n) is 12.1. The Hall–Kier alpha value is -1.55. The number of likely N-dealkylation sites (tertiary alicyclic amines) is 1. The number of nitrogens with zero attached hydrogens (tertiary/aromatic N) is 1. The maximum atomic E-state index is 12.4. The zero-order chi connectivity index (χ0) is 14.5. The van der Waals surface area contributed by atoms with Gasteiger partial charge in [-0.05, 0) is 36.5 Å². The molecule has 1 aliphatic heterocycles. The molecule has 1 aromatic carbocycles.